The van der Waals surface area contributed by atoms with E-state index in [0.29, 0.717) is 0 Å². The van der Waals surface area contributed by atoms with Gasteiger partial charge in [0, 0.05) is 108 Å². The Bertz CT molecular complexity index is 8850. The van der Waals surface area contributed by atoms with E-state index < -0.39 is 10.8 Å². The second kappa shape index (κ2) is 28.2. The van der Waals surface area contributed by atoms with E-state index in [1.165, 1.54) is 179 Å². The van der Waals surface area contributed by atoms with Gasteiger partial charge in [-0.25, -0.2) is 0 Å². The van der Waals surface area contributed by atoms with E-state index >= 15 is 0 Å². The lowest BCUT2D eigenvalue weighted by Crippen LogP contribution is -2.37. The van der Waals surface area contributed by atoms with Crippen LogP contribution >= 0.6 is 23.5 Å². The standard InChI is InChI=1S/C122H76N6S2/c1-4-27-77(28-5-1)78-53-58-85(59-54-78)123(83-31-6-2-7-32-83)88-64-68-90(69-65-88)126-108-47-18-10-36-92(108)96-70-71-105-120(119(96)126)130-115-52-23-16-43-102(115)121(105)99-40-13-20-49-111(99)128-110-72-57-82(74-97(110)95-39-26-44-103(121)118(95)128)81-30-24-29-80(73-81)79-55-60-86(61-56-79)124(84-33-8-3-9-34-84)87-62-66-89(67-63-87)125-107-46-17-12-37-93(107)98-75-106-116(76-113(98)125)129-114-51-22-15-42-101(114)122(106)100-41-14-21-50-112(100)127-109-48-19-11-35-91(109)94-38-25-45-104(122)117(94)127/h1-76H. The van der Waals surface area contributed by atoms with E-state index in [1.807, 2.05) is 23.5 Å². The highest BCUT2D eigenvalue weighted by Crippen LogP contribution is 2.65. The van der Waals surface area contributed by atoms with Crippen molar-refractivity contribution in [2.75, 3.05) is 9.80 Å². The summed E-state index contributed by atoms with van der Waals surface area (Å²) < 4.78 is 10.1. The van der Waals surface area contributed by atoms with Crippen molar-refractivity contribution < 1.29 is 0 Å². The molecule has 0 saturated heterocycles. The van der Waals surface area contributed by atoms with Gasteiger partial charge in [-0.3, -0.25) is 0 Å². The molecule has 20 aromatic carbocycles. The molecular formula is C122H76N6S2. The largest absolute Gasteiger partial charge is 0.311 e. The predicted octanol–water partition coefficient (Wildman–Crippen LogP) is 32.3. The lowest BCUT2D eigenvalue weighted by atomic mass is 9.62. The molecule has 0 saturated carbocycles. The number of fused-ring (bicyclic) bond motifs is 29. The molecule has 28 rings (SSSR count). The quantitative estimate of drug-likeness (QED) is 0.129. The van der Waals surface area contributed by atoms with Crippen molar-refractivity contribution in [1.82, 2.24) is 18.3 Å². The van der Waals surface area contributed by atoms with Crippen LogP contribution in [0.4, 0.5) is 34.1 Å². The molecule has 2 spiro atoms. The van der Waals surface area contributed by atoms with Gasteiger partial charge in [0.05, 0.1) is 66.3 Å². The van der Waals surface area contributed by atoms with Crippen LogP contribution < -0.4 is 9.80 Å². The smallest absolute Gasteiger partial charge is 0.0765 e. The maximum Gasteiger partial charge on any atom is 0.0765 e. The average Bonchev–Trinajstić information content (AvgIpc) is 1.41. The monoisotopic (exact) mass is 1690 g/mol. The van der Waals surface area contributed by atoms with Crippen molar-refractivity contribution >= 4 is 145 Å². The van der Waals surface area contributed by atoms with Crippen LogP contribution in [0.5, 0.6) is 0 Å². The van der Waals surface area contributed by atoms with Crippen molar-refractivity contribution in [3.63, 3.8) is 0 Å². The van der Waals surface area contributed by atoms with Gasteiger partial charge in [0.15, 0.2) is 0 Å². The highest BCUT2D eigenvalue weighted by atomic mass is 32.2. The van der Waals surface area contributed by atoms with Crippen molar-refractivity contribution in [2.24, 2.45) is 0 Å². The average molecular weight is 1690 g/mol. The third-order valence-electron chi connectivity index (χ3n) is 28.4. The SMILES string of the molecule is c1ccc(-c2ccc(N(c3ccccc3)c3ccc(-n4c5ccccc5c5ccc6c(c54)Sc4ccccc4C64c5ccccc5-n5c6ccc(-c7cccc(-c8ccc(N(c9ccccc9)c9ccc(-n%10c%11ccccc%11c%11cc%12c(cc%11%10)Sc%10ccccc%10C%12%10c%11ccccc%11-n%11c%12ccccc%12c%12cccc%10c%12%11)cc9)cc8)c7)cc6c6cccc4c65)cc3)cc2)cc1. The first kappa shape index (κ1) is 73.1. The Labute approximate surface area is 759 Å². The van der Waals surface area contributed by atoms with Crippen LogP contribution in [0.3, 0.4) is 0 Å². The first-order valence-electron chi connectivity index (χ1n) is 44.8. The van der Waals surface area contributed by atoms with Crippen LogP contribution in [0, 0.1) is 0 Å². The van der Waals surface area contributed by atoms with Gasteiger partial charge in [0.25, 0.3) is 0 Å². The Morgan fingerprint density at radius 1 is 0.177 bits per heavy atom. The minimum absolute atomic E-state index is 0.594. The molecule has 2 atom stereocenters. The van der Waals surface area contributed by atoms with Crippen LogP contribution in [0.15, 0.2) is 481 Å². The van der Waals surface area contributed by atoms with Crippen molar-refractivity contribution in [2.45, 2.75) is 30.4 Å². The summed E-state index contributed by atoms with van der Waals surface area (Å²) in [5.41, 5.74) is 36.9. The predicted molar refractivity (Wildman–Crippen MR) is 541 cm³/mol. The molecule has 6 nitrogen and oxygen atoms in total. The topological polar surface area (TPSA) is 26.2 Å². The normalized spacial score (nSPS) is 14.9. The summed E-state index contributed by atoms with van der Waals surface area (Å²) in [5, 5.41) is 9.93. The molecule has 0 radical (unpaired) electrons. The molecule has 4 aromatic heterocycles. The van der Waals surface area contributed by atoms with Gasteiger partial charge in [0.2, 0.25) is 0 Å². The highest BCUT2D eigenvalue weighted by Gasteiger charge is 2.52. The Hall–Kier alpha value is -16.1. The molecule has 0 amide bonds. The van der Waals surface area contributed by atoms with Crippen LogP contribution in [-0.2, 0) is 10.8 Å². The first-order valence-corrected chi connectivity index (χ1v) is 46.4. The van der Waals surface area contributed by atoms with E-state index in [1.54, 1.807) is 0 Å². The second-order valence-electron chi connectivity index (χ2n) is 34.9. The summed E-state index contributed by atoms with van der Waals surface area (Å²) in [4.78, 5) is 9.80. The van der Waals surface area contributed by atoms with E-state index in [9.17, 15) is 0 Å². The van der Waals surface area contributed by atoms with E-state index in [-0.39, 0.29) is 0 Å². The molecule has 4 aliphatic heterocycles. The lowest BCUT2D eigenvalue weighted by molar-refractivity contribution is 0.691. The molecule has 0 bridgehead atoms. The van der Waals surface area contributed by atoms with E-state index in [2.05, 4.69) is 489 Å². The molecule has 0 fully saturated rings. The fourth-order valence-electron chi connectivity index (χ4n) is 23.1. The fourth-order valence-corrected chi connectivity index (χ4v) is 25.6. The van der Waals surface area contributed by atoms with Crippen LogP contribution in [0.1, 0.15) is 44.5 Å². The maximum absolute atomic E-state index is 2.58. The van der Waals surface area contributed by atoms with Crippen molar-refractivity contribution in [3.05, 3.63) is 506 Å². The number of aromatic nitrogens is 4. The Morgan fingerprint density at radius 3 is 1.12 bits per heavy atom. The molecule has 0 aliphatic carbocycles. The maximum atomic E-state index is 2.58. The summed E-state index contributed by atoms with van der Waals surface area (Å²) in [6, 6.07) is 173. The molecule has 2 unspecified atom stereocenters. The number of rotatable bonds is 11. The van der Waals surface area contributed by atoms with Gasteiger partial charge < -0.3 is 28.1 Å². The molecule has 8 heterocycles. The van der Waals surface area contributed by atoms with Crippen LogP contribution in [-0.4, -0.2) is 18.3 Å². The van der Waals surface area contributed by atoms with Gasteiger partial charge in [0.1, 0.15) is 0 Å². The molecule has 606 valence electrons. The number of anilines is 6. The summed E-state index contributed by atoms with van der Waals surface area (Å²) >= 11 is 3.82. The number of hydrogen-bond acceptors (Lipinski definition) is 4. The Balaban J connectivity index is 0.524. The zero-order chi connectivity index (χ0) is 85.0. The highest BCUT2D eigenvalue weighted by molar-refractivity contribution is 8.00. The third kappa shape index (κ3) is 10.3. The molecule has 0 N–H and O–H groups in total. The minimum Gasteiger partial charge on any atom is -0.311 e. The molecule has 8 heteroatoms. The third-order valence-corrected chi connectivity index (χ3v) is 30.7. The number of hydrogen-bond donors (Lipinski definition) is 0. The van der Waals surface area contributed by atoms with Crippen LogP contribution in [0.2, 0.25) is 0 Å². The van der Waals surface area contributed by atoms with Gasteiger partial charge in [-0.05, 0) is 248 Å². The zero-order valence-corrected chi connectivity index (χ0v) is 72.0. The summed E-state index contributed by atoms with van der Waals surface area (Å²) in [6.07, 6.45) is 0. The van der Waals surface area contributed by atoms with Crippen molar-refractivity contribution in [3.8, 4) is 56.1 Å². The summed E-state index contributed by atoms with van der Waals surface area (Å²) in [5.74, 6) is 0. The Kier molecular flexibility index (Phi) is 15.9. The summed E-state index contributed by atoms with van der Waals surface area (Å²) in [7, 11) is 0. The van der Waals surface area contributed by atoms with E-state index in [4.69, 9.17) is 0 Å². The fraction of sp³-hybridized carbons (Fsp3) is 0.0164. The van der Waals surface area contributed by atoms with Gasteiger partial charge in [-0.1, -0.05) is 315 Å². The zero-order valence-electron chi connectivity index (χ0n) is 70.4. The second-order valence-corrected chi connectivity index (χ2v) is 37.0. The molecule has 4 aliphatic rings. The van der Waals surface area contributed by atoms with Gasteiger partial charge in [-0.15, -0.1) is 0 Å². The number of para-hydroxylation sites is 9. The first-order chi connectivity index (χ1) is 64.5. The molecule has 130 heavy (non-hydrogen) atoms. The number of benzene rings is 20. The lowest BCUT2D eigenvalue weighted by Gasteiger charge is -2.45. The van der Waals surface area contributed by atoms with Gasteiger partial charge in [-0.2, -0.15) is 0 Å². The minimum atomic E-state index is -0.694. The molecule has 24 aromatic rings. The van der Waals surface area contributed by atoms with Crippen LogP contribution in [0.25, 0.3) is 143 Å². The van der Waals surface area contributed by atoms with E-state index in [0.717, 1.165) is 62.2 Å². The Morgan fingerprint density at radius 2 is 0.538 bits per heavy atom. The van der Waals surface area contributed by atoms with Crippen molar-refractivity contribution in [1.29, 1.82) is 0 Å². The number of nitrogens with zero attached hydrogens (tertiary/aromatic N) is 6. The molecular weight excluding hydrogens is 1610 g/mol. The summed E-state index contributed by atoms with van der Waals surface area (Å²) in [6.45, 7) is 0. The van der Waals surface area contributed by atoms with Gasteiger partial charge >= 0.3 is 0 Å².